The lowest BCUT2D eigenvalue weighted by Crippen LogP contribution is -2.68. The van der Waals surface area contributed by atoms with Gasteiger partial charge in [0, 0.05) is 11.3 Å². The standard InChI is InChI=1S/C18H20N2O4S.ClH/c1-3-6-12-10-25-17-14(19)16(21)20(17)15(12)18(22)24-9-11-7-4-5-8-13(11)23-2;/h3-8,14,17H,9-10,19H2,1-2H3;1H/b6-3-;/t14?,17-;/m1./s1. The van der Waals surface area contributed by atoms with E-state index in [2.05, 4.69) is 0 Å². The lowest BCUT2D eigenvalue weighted by Gasteiger charge is -2.48. The molecule has 1 aromatic carbocycles. The van der Waals surface area contributed by atoms with Gasteiger partial charge in [-0.25, -0.2) is 4.79 Å². The maximum Gasteiger partial charge on any atom is 0.355 e. The average Bonchev–Trinajstić information content (AvgIpc) is 2.65. The molecule has 2 heterocycles. The molecule has 1 unspecified atom stereocenters. The zero-order valence-corrected chi connectivity index (χ0v) is 16.1. The van der Waals surface area contributed by atoms with Gasteiger partial charge in [-0.1, -0.05) is 30.4 Å². The lowest BCUT2D eigenvalue weighted by molar-refractivity contribution is -0.151. The first-order valence-electron chi connectivity index (χ1n) is 7.93. The van der Waals surface area contributed by atoms with Gasteiger partial charge in [0.15, 0.2) is 0 Å². The van der Waals surface area contributed by atoms with Crippen LogP contribution < -0.4 is 10.5 Å². The summed E-state index contributed by atoms with van der Waals surface area (Å²) in [6.45, 7) is 1.94. The number of nitrogens with zero attached hydrogens (tertiary/aromatic N) is 1. The molecule has 1 amide bonds. The molecule has 1 fully saturated rings. The minimum absolute atomic E-state index is 0. The molecule has 1 aromatic rings. The highest BCUT2D eigenvalue weighted by Gasteiger charge is 2.51. The Balaban J connectivity index is 0.00000243. The number of benzene rings is 1. The van der Waals surface area contributed by atoms with E-state index in [1.165, 1.54) is 4.90 Å². The fraction of sp³-hybridized carbons (Fsp3) is 0.333. The van der Waals surface area contributed by atoms with Crippen LogP contribution in [0.1, 0.15) is 12.5 Å². The number of methoxy groups -OCH3 is 1. The molecule has 3 rings (SSSR count). The van der Waals surface area contributed by atoms with Crippen molar-refractivity contribution in [3.63, 3.8) is 0 Å². The third kappa shape index (κ3) is 3.60. The number of ether oxygens (including phenoxy) is 2. The number of esters is 1. The molecule has 140 valence electrons. The molecule has 1 saturated heterocycles. The number of nitrogens with two attached hydrogens (primary N) is 1. The molecule has 0 radical (unpaired) electrons. The van der Waals surface area contributed by atoms with Gasteiger partial charge in [-0.2, -0.15) is 0 Å². The summed E-state index contributed by atoms with van der Waals surface area (Å²) >= 11 is 1.56. The third-order valence-electron chi connectivity index (χ3n) is 4.15. The van der Waals surface area contributed by atoms with Gasteiger partial charge in [-0.3, -0.25) is 9.69 Å². The predicted molar refractivity (Wildman–Crippen MR) is 103 cm³/mol. The summed E-state index contributed by atoms with van der Waals surface area (Å²) in [6.07, 6.45) is 3.67. The van der Waals surface area contributed by atoms with Gasteiger partial charge in [-0.05, 0) is 18.6 Å². The van der Waals surface area contributed by atoms with Crippen LogP contribution in [0.3, 0.4) is 0 Å². The van der Waals surface area contributed by atoms with Gasteiger partial charge < -0.3 is 15.2 Å². The lowest BCUT2D eigenvalue weighted by atomic mass is 10.0. The second-order valence-electron chi connectivity index (χ2n) is 5.70. The summed E-state index contributed by atoms with van der Waals surface area (Å²) < 4.78 is 10.7. The highest BCUT2D eigenvalue weighted by molar-refractivity contribution is 8.00. The zero-order chi connectivity index (χ0) is 18.0. The zero-order valence-electron chi connectivity index (χ0n) is 14.5. The Morgan fingerprint density at radius 2 is 2.15 bits per heavy atom. The van der Waals surface area contributed by atoms with Gasteiger partial charge in [0.1, 0.15) is 29.5 Å². The largest absolute Gasteiger partial charge is 0.496 e. The second-order valence-corrected chi connectivity index (χ2v) is 6.80. The van der Waals surface area contributed by atoms with E-state index in [0.29, 0.717) is 17.2 Å². The van der Waals surface area contributed by atoms with Gasteiger partial charge in [-0.15, -0.1) is 24.2 Å². The number of fused-ring (bicyclic) bond motifs is 1. The number of para-hydroxylation sites is 1. The number of carbonyl (C=O) groups excluding carboxylic acids is 2. The van der Waals surface area contributed by atoms with Crippen LogP contribution in [0.15, 0.2) is 47.7 Å². The Labute approximate surface area is 162 Å². The van der Waals surface area contributed by atoms with Crippen LogP contribution in [0.2, 0.25) is 0 Å². The minimum Gasteiger partial charge on any atom is -0.496 e. The monoisotopic (exact) mass is 396 g/mol. The van der Waals surface area contributed by atoms with Crippen molar-refractivity contribution in [2.75, 3.05) is 12.9 Å². The van der Waals surface area contributed by atoms with E-state index >= 15 is 0 Å². The SMILES string of the molecule is C/C=C\C1=C(C(=O)OCc2ccccc2OC)N2C(=O)C(N)[C@H]2SC1.Cl. The molecule has 0 aliphatic carbocycles. The molecular weight excluding hydrogens is 376 g/mol. The van der Waals surface area contributed by atoms with Crippen molar-refractivity contribution >= 4 is 36.0 Å². The van der Waals surface area contributed by atoms with Crippen LogP contribution in [0, 0.1) is 0 Å². The number of β-lactam (4-membered cyclic amide) rings is 1. The fourth-order valence-electron chi connectivity index (χ4n) is 2.89. The summed E-state index contributed by atoms with van der Waals surface area (Å²) in [5.41, 5.74) is 7.67. The first-order valence-corrected chi connectivity index (χ1v) is 8.98. The van der Waals surface area contributed by atoms with E-state index < -0.39 is 12.0 Å². The molecule has 6 nitrogen and oxygen atoms in total. The topological polar surface area (TPSA) is 81.9 Å². The first kappa shape index (κ1) is 20.4. The highest BCUT2D eigenvalue weighted by atomic mass is 35.5. The normalized spacial score (nSPS) is 21.8. The Morgan fingerprint density at radius 1 is 1.42 bits per heavy atom. The third-order valence-corrected chi connectivity index (χ3v) is 5.47. The van der Waals surface area contributed by atoms with E-state index in [9.17, 15) is 9.59 Å². The number of allylic oxidation sites excluding steroid dienone is 2. The van der Waals surface area contributed by atoms with Crippen molar-refractivity contribution in [3.05, 3.63) is 53.3 Å². The Kier molecular flexibility index (Phi) is 6.75. The van der Waals surface area contributed by atoms with E-state index in [0.717, 1.165) is 11.1 Å². The number of hydrogen-bond donors (Lipinski definition) is 1. The van der Waals surface area contributed by atoms with Crippen molar-refractivity contribution in [2.45, 2.75) is 24.9 Å². The molecule has 26 heavy (non-hydrogen) atoms. The van der Waals surface area contributed by atoms with E-state index in [-0.39, 0.29) is 30.3 Å². The molecule has 2 aliphatic rings. The van der Waals surface area contributed by atoms with Crippen molar-refractivity contribution < 1.29 is 19.1 Å². The number of amides is 1. The summed E-state index contributed by atoms with van der Waals surface area (Å²) in [6, 6.07) is 6.77. The molecule has 0 spiro atoms. The summed E-state index contributed by atoms with van der Waals surface area (Å²) in [5, 5.41) is -0.199. The molecule has 0 bridgehead atoms. The predicted octanol–water partition coefficient (Wildman–Crippen LogP) is 2.23. The summed E-state index contributed by atoms with van der Waals surface area (Å²) in [5.74, 6) is 0.496. The molecule has 2 aliphatic heterocycles. The molecule has 8 heteroatoms. The van der Waals surface area contributed by atoms with Crippen LogP contribution in [0.5, 0.6) is 5.75 Å². The quantitative estimate of drug-likeness (QED) is 0.607. The van der Waals surface area contributed by atoms with E-state index in [1.54, 1.807) is 24.9 Å². The van der Waals surface area contributed by atoms with Crippen LogP contribution in [-0.2, 0) is 20.9 Å². The summed E-state index contributed by atoms with van der Waals surface area (Å²) in [7, 11) is 1.57. The van der Waals surface area contributed by atoms with Crippen molar-refractivity contribution in [2.24, 2.45) is 5.73 Å². The molecule has 0 saturated carbocycles. The molecule has 2 atom stereocenters. The van der Waals surface area contributed by atoms with Gasteiger partial charge >= 0.3 is 5.97 Å². The van der Waals surface area contributed by atoms with Gasteiger partial charge in [0.05, 0.1) is 7.11 Å². The number of thioether (sulfide) groups is 1. The van der Waals surface area contributed by atoms with Gasteiger partial charge in [0.25, 0.3) is 0 Å². The Morgan fingerprint density at radius 3 is 2.85 bits per heavy atom. The fourth-order valence-corrected chi connectivity index (χ4v) is 4.16. The maximum atomic E-state index is 12.7. The molecular formula is C18H21ClN2O4S. The Bertz CT molecular complexity index is 765. The highest BCUT2D eigenvalue weighted by Crippen LogP contribution is 2.40. The maximum absolute atomic E-state index is 12.7. The second kappa shape index (κ2) is 8.62. The minimum atomic E-state index is -0.561. The van der Waals surface area contributed by atoms with Crippen LogP contribution in [-0.4, -0.2) is 41.1 Å². The van der Waals surface area contributed by atoms with Crippen molar-refractivity contribution in [1.82, 2.24) is 4.90 Å². The molecule has 0 aromatic heterocycles. The number of rotatable bonds is 5. The van der Waals surface area contributed by atoms with Crippen LogP contribution >= 0.6 is 24.2 Å². The van der Waals surface area contributed by atoms with Crippen molar-refractivity contribution in [3.8, 4) is 5.75 Å². The summed E-state index contributed by atoms with van der Waals surface area (Å²) in [4.78, 5) is 26.3. The first-order chi connectivity index (χ1) is 12.1. The van der Waals surface area contributed by atoms with Crippen molar-refractivity contribution in [1.29, 1.82) is 0 Å². The Hall–Kier alpha value is -1.96. The molecule has 2 N–H and O–H groups in total. The number of hydrogen-bond acceptors (Lipinski definition) is 6. The van der Waals surface area contributed by atoms with Crippen LogP contribution in [0.4, 0.5) is 0 Å². The smallest absolute Gasteiger partial charge is 0.355 e. The van der Waals surface area contributed by atoms with Crippen LogP contribution in [0.25, 0.3) is 0 Å². The van der Waals surface area contributed by atoms with E-state index in [4.69, 9.17) is 15.2 Å². The number of halogens is 1. The van der Waals surface area contributed by atoms with E-state index in [1.807, 2.05) is 37.3 Å². The number of carbonyl (C=O) groups is 2. The van der Waals surface area contributed by atoms with Gasteiger partial charge in [0.2, 0.25) is 5.91 Å². The average molecular weight is 397 g/mol.